The molecule has 0 spiro atoms. The lowest BCUT2D eigenvalue weighted by Gasteiger charge is -2.28. The molecule has 0 radical (unpaired) electrons. The SMILES string of the molecule is NNC(CC1OCCc2ccccc21)c1cnns1. The molecule has 100 valence electrons. The van der Waals surface area contributed by atoms with E-state index >= 15 is 0 Å². The fraction of sp³-hybridized carbons (Fsp3) is 0.385. The van der Waals surface area contributed by atoms with Crippen molar-refractivity contribution in [1.82, 2.24) is 15.0 Å². The summed E-state index contributed by atoms with van der Waals surface area (Å²) in [5.41, 5.74) is 5.48. The third-order valence-electron chi connectivity index (χ3n) is 3.47. The Morgan fingerprint density at radius 2 is 2.37 bits per heavy atom. The van der Waals surface area contributed by atoms with Crippen molar-refractivity contribution in [2.45, 2.75) is 25.0 Å². The maximum atomic E-state index is 5.90. The number of nitrogens with one attached hydrogen (secondary N) is 1. The summed E-state index contributed by atoms with van der Waals surface area (Å²) >= 11 is 1.37. The van der Waals surface area contributed by atoms with Gasteiger partial charge in [0.05, 0.1) is 29.8 Å². The summed E-state index contributed by atoms with van der Waals surface area (Å²) in [5.74, 6) is 5.65. The lowest BCUT2D eigenvalue weighted by atomic mass is 9.93. The maximum absolute atomic E-state index is 5.90. The van der Waals surface area contributed by atoms with Gasteiger partial charge < -0.3 is 4.74 Å². The number of hydrazine groups is 1. The minimum atomic E-state index is 0.0242. The number of nitrogens with two attached hydrogens (primary N) is 1. The minimum absolute atomic E-state index is 0.0242. The molecule has 1 aromatic carbocycles. The van der Waals surface area contributed by atoms with E-state index in [1.807, 2.05) is 0 Å². The Morgan fingerprint density at radius 3 is 3.16 bits per heavy atom. The van der Waals surface area contributed by atoms with Crippen LogP contribution in [0.25, 0.3) is 0 Å². The van der Waals surface area contributed by atoms with Crippen LogP contribution in [0.15, 0.2) is 30.5 Å². The van der Waals surface area contributed by atoms with Crippen LogP contribution in [-0.4, -0.2) is 16.2 Å². The number of rotatable bonds is 4. The van der Waals surface area contributed by atoms with Crippen LogP contribution < -0.4 is 11.3 Å². The van der Waals surface area contributed by atoms with Crippen LogP contribution in [0.5, 0.6) is 0 Å². The molecule has 0 amide bonds. The Hall–Kier alpha value is -1.34. The number of nitrogens with zero attached hydrogens (tertiary/aromatic N) is 2. The molecule has 0 aliphatic carbocycles. The highest BCUT2D eigenvalue weighted by Gasteiger charge is 2.25. The molecule has 0 fully saturated rings. The van der Waals surface area contributed by atoms with Crippen LogP contribution in [0.4, 0.5) is 0 Å². The number of hydrogen-bond acceptors (Lipinski definition) is 6. The molecule has 3 N–H and O–H groups in total. The van der Waals surface area contributed by atoms with Gasteiger partial charge in [0.25, 0.3) is 0 Å². The fourth-order valence-corrected chi connectivity index (χ4v) is 3.06. The first-order valence-corrected chi connectivity index (χ1v) is 7.08. The standard InChI is InChI=1S/C13H16N4OS/c14-16-11(13-8-15-17-19-13)7-12-10-4-2-1-3-9(10)5-6-18-12/h1-4,8,11-12,16H,5-7,14H2. The lowest BCUT2D eigenvalue weighted by Crippen LogP contribution is -2.30. The second kappa shape index (κ2) is 5.75. The summed E-state index contributed by atoms with van der Waals surface area (Å²) in [6.07, 6.45) is 3.60. The molecule has 1 aromatic heterocycles. The normalized spacial score (nSPS) is 19.9. The van der Waals surface area contributed by atoms with Crippen molar-refractivity contribution >= 4 is 11.5 Å². The zero-order valence-electron chi connectivity index (χ0n) is 10.5. The minimum Gasteiger partial charge on any atom is -0.373 e. The molecular formula is C13H16N4OS. The van der Waals surface area contributed by atoms with Crippen LogP contribution in [0, 0.1) is 0 Å². The summed E-state index contributed by atoms with van der Waals surface area (Å²) in [4.78, 5) is 1.04. The summed E-state index contributed by atoms with van der Waals surface area (Å²) in [7, 11) is 0. The molecule has 5 nitrogen and oxygen atoms in total. The van der Waals surface area contributed by atoms with E-state index in [0.717, 1.165) is 24.3 Å². The van der Waals surface area contributed by atoms with Crippen LogP contribution in [-0.2, 0) is 11.2 Å². The molecule has 2 heterocycles. The predicted octanol–water partition coefficient (Wildman–Crippen LogP) is 1.75. The Balaban J connectivity index is 1.80. The van der Waals surface area contributed by atoms with Crippen molar-refractivity contribution < 1.29 is 4.74 Å². The first-order valence-electron chi connectivity index (χ1n) is 6.31. The molecule has 1 aliphatic heterocycles. The zero-order chi connectivity index (χ0) is 13.1. The van der Waals surface area contributed by atoms with E-state index in [-0.39, 0.29) is 12.1 Å². The smallest absolute Gasteiger partial charge is 0.0846 e. The zero-order valence-corrected chi connectivity index (χ0v) is 11.3. The highest BCUT2D eigenvalue weighted by atomic mass is 32.1. The number of ether oxygens (including phenoxy) is 1. The highest BCUT2D eigenvalue weighted by Crippen LogP contribution is 2.34. The van der Waals surface area contributed by atoms with E-state index in [0.29, 0.717) is 0 Å². The van der Waals surface area contributed by atoms with Crippen molar-refractivity contribution in [2.75, 3.05) is 6.61 Å². The van der Waals surface area contributed by atoms with Crippen molar-refractivity contribution in [2.24, 2.45) is 5.84 Å². The molecular weight excluding hydrogens is 260 g/mol. The van der Waals surface area contributed by atoms with Gasteiger partial charge >= 0.3 is 0 Å². The molecule has 0 saturated heterocycles. The third kappa shape index (κ3) is 2.66. The average Bonchev–Trinajstić information content (AvgIpc) is 2.99. The number of fused-ring (bicyclic) bond motifs is 1. The largest absolute Gasteiger partial charge is 0.373 e. The number of benzene rings is 1. The Morgan fingerprint density at radius 1 is 1.47 bits per heavy atom. The van der Waals surface area contributed by atoms with E-state index in [4.69, 9.17) is 10.6 Å². The van der Waals surface area contributed by atoms with Crippen LogP contribution >= 0.6 is 11.5 Å². The predicted molar refractivity (Wildman–Crippen MR) is 73.4 cm³/mol. The summed E-state index contributed by atoms with van der Waals surface area (Å²) in [6, 6.07) is 8.46. The number of hydrogen-bond donors (Lipinski definition) is 2. The van der Waals surface area contributed by atoms with Gasteiger partial charge in [0, 0.05) is 0 Å². The summed E-state index contributed by atoms with van der Waals surface area (Å²) < 4.78 is 9.79. The van der Waals surface area contributed by atoms with Gasteiger partial charge in [-0.25, -0.2) is 0 Å². The molecule has 19 heavy (non-hydrogen) atoms. The monoisotopic (exact) mass is 276 g/mol. The van der Waals surface area contributed by atoms with Gasteiger partial charge in [-0.3, -0.25) is 11.3 Å². The van der Waals surface area contributed by atoms with Crippen molar-refractivity contribution in [3.63, 3.8) is 0 Å². The van der Waals surface area contributed by atoms with Crippen molar-refractivity contribution in [1.29, 1.82) is 0 Å². The first kappa shape index (κ1) is 12.7. The second-order valence-electron chi connectivity index (χ2n) is 4.58. The van der Waals surface area contributed by atoms with Gasteiger partial charge in [0.2, 0.25) is 0 Å². The lowest BCUT2D eigenvalue weighted by molar-refractivity contribution is 0.0295. The van der Waals surface area contributed by atoms with Crippen LogP contribution in [0.3, 0.4) is 0 Å². The number of aromatic nitrogens is 2. The molecule has 1 aliphatic rings. The molecule has 2 aromatic rings. The average molecular weight is 276 g/mol. The van der Waals surface area contributed by atoms with Gasteiger partial charge in [0.1, 0.15) is 0 Å². The van der Waals surface area contributed by atoms with Crippen LogP contribution in [0.2, 0.25) is 0 Å². The molecule has 2 atom stereocenters. The molecule has 6 heteroatoms. The van der Waals surface area contributed by atoms with Crippen molar-refractivity contribution in [3.8, 4) is 0 Å². The highest BCUT2D eigenvalue weighted by molar-refractivity contribution is 7.05. The van der Waals surface area contributed by atoms with E-state index in [9.17, 15) is 0 Å². The van der Waals surface area contributed by atoms with E-state index in [2.05, 4.69) is 39.3 Å². The van der Waals surface area contributed by atoms with Gasteiger partial charge in [-0.15, -0.1) is 5.10 Å². The van der Waals surface area contributed by atoms with E-state index in [1.54, 1.807) is 6.20 Å². The third-order valence-corrected chi connectivity index (χ3v) is 4.24. The summed E-state index contributed by atoms with van der Waals surface area (Å²) in [6.45, 7) is 0.764. The summed E-state index contributed by atoms with van der Waals surface area (Å²) in [5, 5.41) is 3.86. The fourth-order valence-electron chi connectivity index (χ4n) is 2.48. The Bertz CT molecular complexity index is 531. The molecule has 2 unspecified atom stereocenters. The molecule has 3 rings (SSSR count). The van der Waals surface area contributed by atoms with E-state index < -0.39 is 0 Å². The quantitative estimate of drug-likeness (QED) is 0.657. The maximum Gasteiger partial charge on any atom is 0.0846 e. The van der Waals surface area contributed by atoms with Crippen molar-refractivity contribution in [3.05, 3.63) is 46.5 Å². The molecule has 0 bridgehead atoms. The van der Waals surface area contributed by atoms with Gasteiger partial charge in [-0.05, 0) is 35.5 Å². The Kier molecular flexibility index (Phi) is 3.84. The van der Waals surface area contributed by atoms with Gasteiger partial charge in [-0.1, -0.05) is 28.8 Å². The Labute approximate surface area is 115 Å². The topological polar surface area (TPSA) is 73.1 Å². The first-order chi connectivity index (χ1) is 9.38. The van der Waals surface area contributed by atoms with Crippen LogP contribution in [0.1, 0.15) is 34.6 Å². The second-order valence-corrected chi connectivity index (χ2v) is 5.40. The molecule has 0 saturated carbocycles. The van der Waals surface area contributed by atoms with Gasteiger partial charge in [-0.2, -0.15) is 0 Å². The van der Waals surface area contributed by atoms with E-state index in [1.165, 1.54) is 22.7 Å². The van der Waals surface area contributed by atoms with Gasteiger partial charge in [0.15, 0.2) is 0 Å².